The molecule has 0 saturated carbocycles. The number of nitrogens with zero attached hydrogens (tertiary/aromatic N) is 2. The molecule has 0 unspecified atom stereocenters. The molecule has 0 amide bonds. The molecule has 2 N–H and O–H groups in total. The molecule has 18 heavy (non-hydrogen) atoms. The van der Waals surface area contributed by atoms with Crippen LogP contribution >= 0.6 is 0 Å². The van der Waals surface area contributed by atoms with Crippen LogP contribution in [0.4, 0.5) is 11.4 Å². The molecule has 1 aromatic carbocycles. The Kier molecular flexibility index (Phi) is 4.27. The van der Waals surface area contributed by atoms with Gasteiger partial charge in [-0.1, -0.05) is 12.1 Å². The highest BCUT2D eigenvalue weighted by Crippen LogP contribution is 2.24. The third kappa shape index (κ3) is 3.49. The van der Waals surface area contributed by atoms with Gasteiger partial charge in [0.1, 0.15) is 13.1 Å². The van der Waals surface area contributed by atoms with E-state index < -0.39 is 25.0 Å². The Labute approximate surface area is 104 Å². The van der Waals surface area contributed by atoms with E-state index in [1.54, 1.807) is 19.1 Å². The third-order valence-corrected chi connectivity index (χ3v) is 2.30. The van der Waals surface area contributed by atoms with Gasteiger partial charge in [0.05, 0.1) is 6.57 Å². The van der Waals surface area contributed by atoms with Gasteiger partial charge in [-0.15, -0.1) is 0 Å². The van der Waals surface area contributed by atoms with Gasteiger partial charge < -0.3 is 15.1 Å². The van der Waals surface area contributed by atoms with Crippen LogP contribution in [0, 0.1) is 13.5 Å². The lowest BCUT2D eigenvalue weighted by Gasteiger charge is -2.22. The van der Waals surface area contributed by atoms with Crippen molar-refractivity contribution in [3.63, 3.8) is 0 Å². The van der Waals surface area contributed by atoms with Crippen LogP contribution in [-0.4, -0.2) is 35.2 Å². The summed E-state index contributed by atoms with van der Waals surface area (Å²) in [4.78, 5) is 25.9. The number of anilines is 1. The number of carbonyl (C=O) groups is 2. The van der Waals surface area contributed by atoms with Crippen LogP contribution in [0.5, 0.6) is 0 Å². The standard InChI is InChI=1S/C12H12N2O4/c1-8-5-9(13-2)3-4-10(8)14(6-11(15)16)7-12(17)18/h3-5H,6-7H2,1H3,(H,15,16)(H,17,18). The summed E-state index contributed by atoms with van der Waals surface area (Å²) in [7, 11) is 0. The molecule has 1 aromatic rings. The smallest absolute Gasteiger partial charge is 0.323 e. The molecule has 0 bridgehead atoms. The van der Waals surface area contributed by atoms with Crippen LogP contribution in [0.15, 0.2) is 18.2 Å². The fourth-order valence-corrected chi connectivity index (χ4v) is 1.62. The van der Waals surface area contributed by atoms with E-state index >= 15 is 0 Å². The van der Waals surface area contributed by atoms with Gasteiger partial charge in [-0.2, -0.15) is 0 Å². The first-order valence-corrected chi connectivity index (χ1v) is 5.10. The molecule has 0 spiro atoms. The summed E-state index contributed by atoms with van der Waals surface area (Å²) in [6.45, 7) is 7.78. The molecule has 0 saturated heterocycles. The van der Waals surface area contributed by atoms with E-state index in [1.807, 2.05) is 0 Å². The lowest BCUT2D eigenvalue weighted by Crippen LogP contribution is -2.34. The number of aliphatic carboxylic acids is 2. The van der Waals surface area contributed by atoms with Crippen molar-refractivity contribution in [3.8, 4) is 0 Å². The maximum atomic E-state index is 10.7. The zero-order valence-electron chi connectivity index (χ0n) is 9.75. The van der Waals surface area contributed by atoms with Crippen molar-refractivity contribution < 1.29 is 19.8 Å². The Balaban J connectivity index is 3.08. The first-order chi connectivity index (χ1) is 8.43. The predicted octanol–water partition coefficient (Wildman–Crippen LogP) is 1.52. The van der Waals surface area contributed by atoms with Crippen molar-refractivity contribution >= 4 is 23.3 Å². The second-order valence-electron chi connectivity index (χ2n) is 3.73. The van der Waals surface area contributed by atoms with E-state index in [4.69, 9.17) is 16.8 Å². The van der Waals surface area contributed by atoms with Gasteiger partial charge >= 0.3 is 11.9 Å². The molecule has 6 nitrogen and oxygen atoms in total. The summed E-state index contributed by atoms with van der Waals surface area (Å²) in [5, 5.41) is 17.5. The highest BCUT2D eigenvalue weighted by molar-refractivity contribution is 5.80. The summed E-state index contributed by atoms with van der Waals surface area (Å²) in [5.41, 5.74) is 1.61. The van der Waals surface area contributed by atoms with E-state index in [0.717, 1.165) is 0 Å². The van der Waals surface area contributed by atoms with Crippen LogP contribution < -0.4 is 4.90 Å². The largest absolute Gasteiger partial charge is 0.480 e. The molecule has 94 valence electrons. The van der Waals surface area contributed by atoms with Crippen LogP contribution in [0.3, 0.4) is 0 Å². The number of hydrogen-bond acceptors (Lipinski definition) is 3. The molecule has 0 fully saturated rings. The molecular formula is C12H12N2O4. The quantitative estimate of drug-likeness (QED) is 0.772. The fourth-order valence-electron chi connectivity index (χ4n) is 1.62. The van der Waals surface area contributed by atoms with Gasteiger partial charge in [0, 0.05) is 5.69 Å². The van der Waals surface area contributed by atoms with E-state index in [9.17, 15) is 9.59 Å². The summed E-state index contributed by atoms with van der Waals surface area (Å²) >= 11 is 0. The van der Waals surface area contributed by atoms with Crippen molar-refractivity contribution in [3.05, 3.63) is 35.2 Å². The highest BCUT2D eigenvalue weighted by Gasteiger charge is 2.16. The van der Waals surface area contributed by atoms with Crippen molar-refractivity contribution in [1.29, 1.82) is 0 Å². The lowest BCUT2D eigenvalue weighted by atomic mass is 10.1. The van der Waals surface area contributed by atoms with Crippen LogP contribution in [0.2, 0.25) is 0 Å². The average molecular weight is 248 g/mol. The highest BCUT2D eigenvalue weighted by atomic mass is 16.4. The minimum absolute atomic E-state index is 0.398. The molecular weight excluding hydrogens is 236 g/mol. The zero-order valence-corrected chi connectivity index (χ0v) is 9.75. The summed E-state index contributed by atoms with van der Waals surface area (Å²) in [6, 6.07) is 4.69. The average Bonchev–Trinajstić information content (AvgIpc) is 2.26. The Hall–Kier alpha value is -2.55. The van der Waals surface area contributed by atoms with Gasteiger partial charge in [-0.25, -0.2) is 4.85 Å². The molecule has 1 rings (SSSR count). The number of aryl methyl sites for hydroxylation is 1. The lowest BCUT2D eigenvalue weighted by molar-refractivity contribution is -0.136. The van der Waals surface area contributed by atoms with E-state index in [1.165, 1.54) is 11.0 Å². The summed E-state index contributed by atoms with van der Waals surface area (Å²) in [5.74, 6) is -2.21. The number of carboxylic acid groups (broad SMARTS) is 2. The SMILES string of the molecule is [C-]#[N+]c1ccc(N(CC(=O)O)CC(=O)O)c(C)c1. The molecule has 0 aromatic heterocycles. The van der Waals surface area contributed by atoms with E-state index in [-0.39, 0.29) is 0 Å². The van der Waals surface area contributed by atoms with Crippen LogP contribution in [-0.2, 0) is 9.59 Å². The summed E-state index contributed by atoms with van der Waals surface area (Å²) < 4.78 is 0. The molecule has 0 heterocycles. The first-order valence-electron chi connectivity index (χ1n) is 5.10. The maximum Gasteiger partial charge on any atom is 0.323 e. The van der Waals surface area contributed by atoms with E-state index in [2.05, 4.69) is 4.85 Å². The normalized spacial score (nSPS) is 9.56. The third-order valence-electron chi connectivity index (χ3n) is 2.30. The molecule has 0 aliphatic rings. The van der Waals surface area contributed by atoms with Crippen molar-refractivity contribution in [2.45, 2.75) is 6.92 Å². The monoisotopic (exact) mass is 248 g/mol. The Morgan fingerprint density at radius 3 is 2.22 bits per heavy atom. The molecule has 0 radical (unpaired) electrons. The predicted molar refractivity (Wildman–Crippen MR) is 64.9 cm³/mol. The number of rotatable bonds is 5. The topological polar surface area (TPSA) is 82.2 Å². The van der Waals surface area contributed by atoms with Gasteiger partial charge in [0.2, 0.25) is 0 Å². The number of carboxylic acids is 2. The van der Waals surface area contributed by atoms with Gasteiger partial charge in [-0.05, 0) is 18.6 Å². The summed E-state index contributed by atoms with van der Waals surface area (Å²) in [6.07, 6.45) is 0. The second-order valence-corrected chi connectivity index (χ2v) is 3.73. The molecule has 6 heteroatoms. The molecule has 0 atom stereocenters. The minimum Gasteiger partial charge on any atom is -0.480 e. The Bertz CT molecular complexity index is 503. The number of benzene rings is 1. The minimum atomic E-state index is -1.11. The molecule has 0 aliphatic carbocycles. The van der Waals surface area contributed by atoms with Crippen molar-refractivity contribution in [2.75, 3.05) is 18.0 Å². The second kappa shape index (κ2) is 5.68. The molecule has 0 aliphatic heterocycles. The fraction of sp³-hybridized carbons (Fsp3) is 0.250. The first kappa shape index (κ1) is 13.5. The van der Waals surface area contributed by atoms with Gasteiger partial charge in [0.25, 0.3) is 0 Å². The van der Waals surface area contributed by atoms with Crippen LogP contribution in [0.1, 0.15) is 5.56 Å². The van der Waals surface area contributed by atoms with Gasteiger partial charge in [-0.3, -0.25) is 9.59 Å². The zero-order chi connectivity index (χ0) is 13.7. The van der Waals surface area contributed by atoms with Gasteiger partial charge in [0.15, 0.2) is 5.69 Å². The van der Waals surface area contributed by atoms with Crippen LogP contribution in [0.25, 0.3) is 4.85 Å². The maximum absolute atomic E-state index is 10.7. The Morgan fingerprint density at radius 2 is 1.83 bits per heavy atom. The van der Waals surface area contributed by atoms with Crippen molar-refractivity contribution in [1.82, 2.24) is 0 Å². The Morgan fingerprint density at radius 1 is 1.28 bits per heavy atom. The van der Waals surface area contributed by atoms with Crippen molar-refractivity contribution in [2.24, 2.45) is 0 Å². The number of hydrogen-bond donors (Lipinski definition) is 2. The van der Waals surface area contributed by atoms with E-state index in [0.29, 0.717) is 16.9 Å².